The van der Waals surface area contributed by atoms with Crippen molar-refractivity contribution in [3.05, 3.63) is 28.2 Å². The average molecular weight is 370 g/mol. The monoisotopic (exact) mass is 369 g/mol. The molecule has 122 valence electrons. The Morgan fingerprint density at radius 3 is 2.45 bits per heavy atom. The zero-order valence-electron chi connectivity index (χ0n) is 13.6. The van der Waals surface area contributed by atoms with E-state index in [0.29, 0.717) is 6.54 Å². The van der Waals surface area contributed by atoms with Crippen molar-refractivity contribution in [2.45, 2.75) is 20.3 Å². The number of hydrogen-bond donors (Lipinski definition) is 1. The number of rotatable bonds is 7. The van der Waals surface area contributed by atoms with Crippen molar-refractivity contribution in [1.29, 1.82) is 0 Å². The largest absolute Gasteiger partial charge is 0.348 e. The van der Waals surface area contributed by atoms with Gasteiger partial charge in [0.15, 0.2) is 0 Å². The number of nitrogens with zero attached hydrogens (tertiary/aromatic N) is 2. The summed E-state index contributed by atoms with van der Waals surface area (Å²) in [6.45, 7) is 5.16. The van der Waals surface area contributed by atoms with Crippen molar-refractivity contribution >= 4 is 33.4 Å². The van der Waals surface area contributed by atoms with Gasteiger partial charge in [-0.1, -0.05) is 22.9 Å². The Balaban J connectivity index is 2.64. The van der Waals surface area contributed by atoms with E-state index in [1.54, 1.807) is 19.0 Å². The molecule has 0 saturated carbocycles. The third-order valence-corrected chi connectivity index (χ3v) is 3.72. The summed E-state index contributed by atoms with van der Waals surface area (Å²) in [6.07, 6.45) is 0.894. The summed E-state index contributed by atoms with van der Waals surface area (Å²) >= 11 is 3.40. The molecular weight excluding hydrogens is 346 g/mol. The molecule has 1 N–H and O–H groups in total. The Morgan fingerprint density at radius 1 is 1.23 bits per heavy atom. The molecule has 0 fully saturated rings. The lowest BCUT2D eigenvalue weighted by Crippen LogP contribution is -2.41. The molecule has 0 unspecified atom stereocenters. The first-order valence-electron chi connectivity index (χ1n) is 7.32. The van der Waals surface area contributed by atoms with E-state index < -0.39 is 0 Å². The quantitative estimate of drug-likeness (QED) is 0.803. The second-order valence-corrected chi connectivity index (χ2v) is 6.42. The molecule has 0 bridgehead atoms. The Labute approximate surface area is 140 Å². The van der Waals surface area contributed by atoms with Crippen LogP contribution in [0.4, 0.5) is 5.69 Å². The van der Waals surface area contributed by atoms with Gasteiger partial charge in [0, 0.05) is 24.3 Å². The summed E-state index contributed by atoms with van der Waals surface area (Å²) < 4.78 is 0.979. The molecule has 1 aromatic carbocycles. The van der Waals surface area contributed by atoms with E-state index >= 15 is 0 Å². The molecule has 0 aliphatic rings. The zero-order chi connectivity index (χ0) is 16.7. The van der Waals surface area contributed by atoms with E-state index in [0.717, 1.165) is 22.1 Å². The Morgan fingerprint density at radius 2 is 1.91 bits per heavy atom. The lowest BCUT2D eigenvalue weighted by molar-refractivity contribution is -0.130. The highest BCUT2D eigenvalue weighted by Gasteiger charge is 2.15. The molecule has 1 rings (SSSR count). The van der Waals surface area contributed by atoms with Crippen LogP contribution in [0.15, 0.2) is 22.7 Å². The van der Waals surface area contributed by atoms with Crippen molar-refractivity contribution in [2.24, 2.45) is 0 Å². The summed E-state index contributed by atoms with van der Waals surface area (Å²) in [6, 6.07) is 5.71. The van der Waals surface area contributed by atoms with Crippen LogP contribution in [0.2, 0.25) is 0 Å². The first-order valence-corrected chi connectivity index (χ1v) is 8.11. The lowest BCUT2D eigenvalue weighted by Gasteiger charge is -2.22. The highest BCUT2D eigenvalue weighted by atomic mass is 79.9. The molecule has 0 radical (unpaired) electrons. The van der Waals surface area contributed by atoms with Crippen molar-refractivity contribution in [1.82, 2.24) is 9.80 Å². The standard InChI is InChI=1S/C16H24BrN3O2/c1-5-8-20(11-16(22)19(3)4)10-15(21)18-14-7-6-13(17)9-12(14)2/h6-7,9H,5,8,10-11H2,1-4H3,(H,18,21). The predicted octanol–water partition coefficient (Wildman–Crippen LogP) is 2.50. The minimum atomic E-state index is -0.106. The minimum absolute atomic E-state index is 0.000993. The van der Waals surface area contributed by atoms with Crippen LogP contribution in [-0.4, -0.2) is 55.3 Å². The van der Waals surface area contributed by atoms with E-state index in [1.807, 2.05) is 36.9 Å². The van der Waals surface area contributed by atoms with Gasteiger partial charge in [0.1, 0.15) is 0 Å². The molecule has 0 spiro atoms. The fraction of sp³-hybridized carbons (Fsp3) is 0.500. The molecule has 6 heteroatoms. The Kier molecular flexibility index (Phi) is 7.55. The fourth-order valence-corrected chi connectivity index (χ4v) is 2.50. The fourth-order valence-electron chi connectivity index (χ4n) is 2.02. The summed E-state index contributed by atoms with van der Waals surface area (Å²) in [7, 11) is 3.44. The molecule has 2 amide bonds. The molecular formula is C16H24BrN3O2. The molecule has 22 heavy (non-hydrogen) atoms. The SMILES string of the molecule is CCCN(CC(=O)Nc1ccc(Br)cc1C)CC(=O)N(C)C. The average Bonchev–Trinajstić information content (AvgIpc) is 2.42. The maximum atomic E-state index is 12.2. The number of hydrogen-bond acceptors (Lipinski definition) is 3. The van der Waals surface area contributed by atoms with Crippen molar-refractivity contribution in [3.8, 4) is 0 Å². The van der Waals surface area contributed by atoms with Crippen LogP contribution in [0, 0.1) is 6.92 Å². The van der Waals surface area contributed by atoms with Crippen LogP contribution < -0.4 is 5.32 Å². The summed E-state index contributed by atoms with van der Waals surface area (Å²) in [4.78, 5) is 27.4. The second-order valence-electron chi connectivity index (χ2n) is 5.51. The van der Waals surface area contributed by atoms with Gasteiger partial charge in [0.2, 0.25) is 11.8 Å². The number of halogens is 1. The van der Waals surface area contributed by atoms with Gasteiger partial charge >= 0.3 is 0 Å². The molecule has 0 aliphatic heterocycles. The van der Waals surface area contributed by atoms with Crippen LogP contribution in [0.5, 0.6) is 0 Å². The van der Waals surface area contributed by atoms with Crippen LogP contribution >= 0.6 is 15.9 Å². The molecule has 0 atom stereocenters. The Bertz CT molecular complexity index is 532. The van der Waals surface area contributed by atoms with Crippen LogP contribution in [0.25, 0.3) is 0 Å². The maximum Gasteiger partial charge on any atom is 0.238 e. The van der Waals surface area contributed by atoms with Gasteiger partial charge in [-0.3, -0.25) is 14.5 Å². The third kappa shape index (κ3) is 6.15. The smallest absolute Gasteiger partial charge is 0.238 e. The Hall–Kier alpha value is -1.40. The predicted molar refractivity (Wildman–Crippen MR) is 92.9 cm³/mol. The number of benzene rings is 1. The number of aryl methyl sites for hydroxylation is 1. The topological polar surface area (TPSA) is 52.7 Å². The van der Waals surface area contributed by atoms with Gasteiger partial charge in [-0.2, -0.15) is 0 Å². The first kappa shape index (κ1) is 18.6. The van der Waals surface area contributed by atoms with Crippen molar-refractivity contribution in [3.63, 3.8) is 0 Å². The number of nitrogens with one attached hydrogen (secondary N) is 1. The van der Waals surface area contributed by atoms with Gasteiger partial charge in [0.25, 0.3) is 0 Å². The number of carbonyl (C=O) groups is 2. The number of likely N-dealkylation sites (N-methyl/N-ethyl adjacent to an activating group) is 1. The van der Waals surface area contributed by atoms with E-state index in [-0.39, 0.29) is 24.9 Å². The van der Waals surface area contributed by atoms with E-state index in [2.05, 4.69) is 21.2 Å². The number of carbonyl (C=O) groups excluding carboxylic acids is 2. The zero-order valence-corrected chi connectivity index (χ0v) is 15.2. The van der Waals surface area contributed by atoms with Gasteiger partial charge < -0.3 is 10.2 Å². The van der Waals surface area contributed by atoms with Crippen molar-refractivity contribution < 1.29 is 9.59 Å². The normalized spacial score (nSPS) is 10.6. The van der Waals surface area contributed by atoms with Gasteiger partial charge in [0.05, 0.1) is 13.1 Å². The third-order valence-electron chi connectivity index (χ3n) is 3.23. The minimum Gasteiger partial charge on any atom is -0.348 e. The number of anilines is 1. The molecule has 0 heterocycles. The van der Waals surface area contributed by atoms with E-state index in [9.17, 15) is 9.59 Å². The van der Waals surface area contributed by atoms with Crippen molar-refractivity contribution in [2.75, 3.05) is 39.0 Å². The maximum absolute atomic E-state index is 12.2. The summed E-state index contributed by atoms with van der Waals surface area (Å²) in [5, 5.41) is 2.90. The van der Waals surface area contributed by atoms with Gasteiger partial charge in [-0.05, 0) is 43.7 Å². The van der Waals surface area contributed by atoms with Gasteiger partial charge in [-0.15, -0.1) is 0 Å². The summed E-state index contributed by atoms with van der Waals surface area (Å²) in [5.41, 5.74) is 1.79. The number of amides is 2. The second kappa shape index (κ2) is 8.90. The van der Waals surface area contributed by atoms with Crippen LogP contribution in [0.1, 0.15) is 18.9 Å². The highest BCUT2D eigenvalue weighted by molar-refractivity contribution is 9.10. The molecule has 5 nitrogen and oxygen atoms in total. The molecule has 0 aliphatic carbocycles. The van der Waals surface area contributed by atoms with E-state index in [1.165, 1.54) is 0 Å². The van der Waals surface area contributed by atoms with Gasteiger partial charge in [-0.25, -0.2) is 0 Å². The molecule has 0 saturated heterocycles. The first-order chi connectivity index (χ1) is 10.3. The van der Waals surface area contributed by atoms with E-state index in [4.69, 9.17) is 0 Å². The molecule has 0 aromatic heterocycles. The van der Waals surface area contributed by atoms with Crippen LogP contribution in [0.3, 0.4) is 0 Å². The lowest BCUT2D eigenvalue weighted by atomic mass is 10.2. The molecule has 1 aromatic rings. The summed E-state index contributed by atoms with van der Waals surface area (Å²) in [5.74, 6) is -0.105. The highest BCUT2D eigenvalue weighted by Crippen LogP contribution is 2.19. The van der Waals surface area contributed by atoms with Crippen LogP contribution in [-0.2, 0) is 9.59 Å².